The molecule has 35 heavy (non-hydrogen) atoms. The zero-order valence-corrected chi connectivity index (χ0v) is 19.3. The Balaban J connectivity index is 1.31. The maximum Gasteiger partial charge on any atom is 0.333 e. The lowest BCUT2D eigenvalue weighted by atomic mass is 10.2. The number of nitriles is 1. The average Bonchev–Trinajstić information content (AvgIpc) is 3.36. The summed E-state index contributed by atoms with van der Waals surface area (Å²) in [5.41, 5.74) is 4.86. The van der Waals surface area contributed by atoms with Crippen molar-refractivity contribution < 1.29 is 9.53 Å². The standard InChI is InChI=1S/C27H24N6O2/c1-19(2)27(34)35-26-15-16-33(18-26)25-13-11-24(12-14-25)32-31-23-9-7-22(8-10-23)30-29-21-5-3-20(17-28)4-6-21/h3-14,26H,1,15-16,18H2,2H3/t26-/m0/s1. The number of benzene rings is 3. The fourth-order valence-electron chi connectivity index (χ4n) is 3.46. The van der Waals surface area contributed by atoms with Gasteiger partial charge in [-0.05, 0) is 79.7 Å². The average molecular weight is 465 g/mol. The molecule has 3 aromatic rings. The number of azo groups is 2. The summed E-state index contributed by atoms with van der Waals surface area (Å²) in [5, 5.41) is 25.8. The molecule has 0 aromatic heterocycles. The van der Waals surface area contributed by atoms with E-state index in [2.05, 4.69) is 38.0 Å². The second-order valence-corrected chi connectivity index (χ2v) is 8.13. The van der Waals surface area contributed by atoms with Gasteiger partial charge in [-0.3, -0.25) is 0 Å². The Morgan fingerprint density at radius 2 is 1.34 bits per heavy atom. The first-order chi connectivity index (χ1) is 17.0. The van der Waals surface area contributed by atoms with Gasteiger partial charge in [0.25, 0.3) is 0 Å². The third-order valence-corrected chi connectivity index (χ3v) is 5.39. The molecule has 0 N–H and O–H groups in total. The maximum atomic E-state index is 11.7. The summed E-state index contributed by atoms with van der Waals surface area (Å²) >= 11 is 0. The van der Waals surface area contributed by atoms with Crippen molar-refractivity contribution >= 4 is 34.4 Å². The highest BCUT2D eigenvalue weighted by Gasteiger charge is 2.25. The molecular weight excluding hydrogens is 440 g/mol. The highest BCUT2D eigenvalue weighted by Crippen LogP contribution is 2.27. The SMILES string of the molecule is C=C(C)C(=O)O[C@H]1CCN(c2ccc(N=Nc3ccc(N=Nc4ccc(C#N)cc4)cc3)cc2)C1. The molecule has 8 nitrogen and oxygen atoms in total. The zero-order chi connectivity index (χ0) is 24.6. The number of hydrogen-bond acceptors (Lipinski definition) is 8. The van der Waals surface area contributed by atoms with Crippen LogP contribution in [0, 0.1) is 11.3 Å². The van der Waals surface area contributed by atoms with E-state index in [1.54, 1.807) is 31.2 Å². The van der Waals surface area contributed by atoms with Crippen LogP contribution < -0.4 is 4.90 Å². The molecular formula is C27H24N6O2. The first kappa shape index (κ1) is 23.5. The number of carbonyl (C=O) groups excluding carboxylic acids is 1. The molecule has 0 amide bonds. The van der Waals surface area contributed by atoms with Crippen LogP contribution in [-0.4, -0.2) is 25.2 Å². The van der Waals surface area contributed by atoms with E-state index in [4.69, 9.17) is 10.00 Å². The topological polar surface area (TPSA) is 103 Å². The number of hydrogen-bond donors (Lipinski definition) is 0. The first-order valence-electron chi connectivity index (χ1n) is 11.2. The first-order valence-corrected chi connectivity index (χ1v) is 11.2. The summed E-state index contributed by atoms with van der Waals surface area (Å²) < 4.78 is 5.45. The maximum absolute atomic E-state index is 11.7. The molecule has 0 bridgehead atoms. The summed E-state index contributed by atoms with van der Waals surface area (Å²) in [6.45, 7) is 6.77. The van der Waals surface area contributed by atoms with Crippen molar-refractivity contribution in [3.8, 4) is 6.07 Å². The Bertz CT molecular complexity index is 1290. The van der Waals surface area contributed by atoms with Crippen LogP contribution >= 0.6 is 0 Å². The quantitative estimate of drug-likeness (QED) is 0.211. The molecule has 0 aliphatic carbocycles. The van der Waals surface area contributed by atoms with Crippen LogP contribution in [0.3, 0.4) is 0 Å². The Kier molecular flexibility index (Phi) is 7.38. The molecule has 0 saturated carbocycles. The Morgan fingerprint density at radius 3 is 1.80 bits per heavy atom. The lowest BCUT2D eigenvalue weighted by Gasteiger charge is -2.18. The van der Waals surface area contributed by atoms with Crippen LogP contribution in [0.4, 0.5) is 28.4 Å². The number of nitrogens with zero attached hydrogens (tertiary/aromatic N) is 6. The summed E-state index contributed by atoms with van der Waals surface area (Å²) in [5.74, 6) is -0.338. The highest BCUT2D eigenvalue weighted by atomic mass is 16.5. The largest absolute Gasteiger partial charge is 0.457 e. The minimum absolute atomic E-state index is 0.120. The minimum Gasteiger partial charge on any atom is -0.457 e. The molecule has 1 saturated heterocycles. The van der Waals surface area contributed by atoms with E-state index in [1.165, 1.54) is 0 Å². The Morgan fingerprint density at radius 1 is 0.886 bits per heavy atom. The number of anilines is 1. The van der Waals surface area contributed by atoms with Crippen molar-refractivity contribution in [1.29, 1.82) is 5.26 Å². The molecule has 1 aliphatic rings. The molecule has 0 unspecified atom stereocenters. The molecule has 0 spiro atoms. The number of esters is 1. The second-order valence-electron chi connectivity index (χ2n) is 8.13. The van der Waals surface area contributed by atoms with Gasteiger partial charge >= 0.3 is 5.97 Å². The predicted octanol–water partition coefficient (Wildman–Crippen LogP) is 7.09. The molecule has 3 aromatic carbocycles. The third-order valence-electron chi connectivity index (χ3n) is 5.39. The number of carbonyl (C=O) groups is 1. The van der Waals surface area contributed by atoms with E-state index < -0.39 is 0 Å². The lowest BCUT2D eigenvalue weighted by Crippen LogP contribution is -2.24. The van der Waals surface area contributed by atoms with Gasteiger partial charge in [0.15, 0.2) is 0 Å². The fourth-order valence-corrected chi connectivity index (χ4v) is 3.46. The predicted molar refractivity (Wildman–Crippen MR) is 134 cm³/mol. The zero-order valence-electron chi connectivity index (χ0n) is 19.3. The summed E-state index contributed by atoms with van der Waals surface area (Å²) in [7, 11) is 0. The van der Waals surface area contributed by atoms with Gasteiger partial charge in [0, 0.05) is 24.2 Å². The van der Waals surface area contributed by atoms with Gasteiger partial charge in [0.1, 0.15) is 6.10 Å². The summed E-state index contributed by atoms with van der Waals surface area (Å²) in [6, 6.07) is 24.0. The third kappa shape index (κ3) is 6.45. The molecule has 174 valence electrons. The van der Waals surface area contributed by atoms with Crippen molar-refractivity contribution in [1.82, 2.24) is 0 Å². The Labute approximate surface area is 203 Å². The molecule has 0 radical (unpaired) electrons. The van der Waals surface area contributed by atoms with E-state index in [0.29, 0.717) is 34.7 Å². The monoisotopic (exact) mass is 464 g/mol. The van der Waals surface area contributed by atoms with Gasteiger partial charge in [-0.1, -0.05) is 6.58 Å². The van der Waals surface area contributed by atoms with E-state index in [0.717, 1.165) is 24.3 Å². The smallest absolute Gasteiger partial charge is 0.333 e. The molecule has 1 atom stereocenters. The molecule has 1 heterocycles. The Hall–Kier alpha value is -4.64. The second kappa shape index (κ2) is 11.0. The van der Waals surface area contributed by atoms with Crippen molar-refractivity contribution in [2.45, 2.75) is 19.4 Å². The van der Waals surface area contributed by atoms with Crippen LogP contribution in [0.1, 0.15) is 18.9 Å². The van der Waals surface area contributed by atoms with Gasteiger partial charge in [-0.2, -0.15) is 25.7 Å². The molecule has 1 fully saturated rings. The van der Waals surface area contributed by atoms with Crippen molar-refractivity contribution in [2.24, 2.45) is 20.5 Å². The summed E-state index contributed by atoms with van der Waals surface area (Å²) in [6.07, 6.45) is 0.675. The minimum atomic E-state index is -0.338. The van der Waals surface area contributed by atoms with Crippen LogP contribution in [0.2, 0.25) is 0 Å². The van der Waals surface area contributed by atoms with Crippen LogP contribution in [0.5, 0.6) is 0 Å². The van der Waals surface area contributed by atoms with Gasteiger partial charge in [0.2, 0.25) is 0 Å². The van der Waals surface area contributed by atoms with E-state index in [9.17, 15) is 4.79 Å². The fraction of sp³-hybridized carbons (Fsp3) is 0.185. The number of rotatable bonds is 7. The van der Waals surface area contributed by atoms with Gasteiger partial charge in [0.05, 0.1) is 40.9 Å². The number of ether oxygens (including phenoxy) is 1. The lowest BCUT2D eigenvalue weighted by molar-refractivity contribution is -0.143. The molecule has 1 aliphatic heterocycles. The molecule has 4 rings (SSSR count). The van der Waals surface area contributed by atoms with Gasteiger partial charge < -0.3 is 9.64 Å². The highest BCUT2D eigenvalue weighted by molar-refractivity contribution is 5.87. The van der Waals surface area contributed by atoms with Gasteiger partial charge in [-0.25, -0.2) is 4.79 Å². The normalized spacial score (nSPS) is 15.4. The summed E-state index contributed by atoms with van der Waals surface area (Å²) in [4.78, 5) is 13.9. The van der Waals surface area contributed by atoms with Crippen molar-refractivity contribution in [3.63, 3.8) is 0 Å². The molecule has 8 heteroatoms. The van der Waals surface area contributed by atoms with Crippen molar-refractivity contribution in [2.75, 3.05) is 18.0 Å². The van der Waals surface area contributed by atoms with Crippen LogP contribution in [-0.2, 0) is 9.53 Å². The van der Waals surface area contributed by atoms with Crippen LogP contribution in [0.15, 0.2) is 105 Å². The van der Waals surface area contributed by atoms with E-state index in [-0.39, 0.29) is 12.1 Å². The van der Waals surface area contributed by atoms with Crippen molar-refractivity contribution in [3.05, 3.63) is 90.5 Å². The van der Waals surface area contributed by atoms with Crippen LogP contribution in [0.25, 0.3) is 0 Å². The van der Waals surface area contributed by atoms with E-state index in [1.807, 2.05) is 48.5 Å². The van der Waals surface area contributed by atoms with Gasteiger partial charge in [-0.15, -0.1) is 0 Å². The van der Waals surface area contributed by atoms with E-state index >= 15 is 0 Å².